The van der Waals surface area contributed by atoms with Crippen LogP contribution in [0.3, 0.4) is 0 Å². The topological polar surface area (TPSA) is 33.2 Å². The van der Waals surface area contributed by atoms with Crippen molar-refractivity contribution in [2.75, 3.05) is 10.7 Å². The number of aromatic nitrogens is 1. The summed E-state index contributed by atoms with van der Waals surface area (Å²) >= 11 is 6.47. The SMILES string of the molecule is CC1CC(C)(C)N(C(CS)c2nc3ccccc3s2)c2ccc(C=O)cc21. The first kappa shape index (κ1) is 18.5. The Bertz CT molecular complexity index is 962. The second kappa shape index (κ2) is 6.95. The number of para-hydroxylation sites is 1. The van der Waals surface area contributed by atoms with Gasteiger partial charge in [0, 0.05) is 22.5 Å². The number of carbonyl (C=O) groups excluding carboxylic acids is 1. The number of hydrogen-bond acceptors (Lipinski definition) is 5. The third kappa shape index (κ3) is 3.17. The third-order valence-electron chi connectivity index (χ3n) is 5.52. The summed E-state index contributed by atoms with van der Waals surface area (Å²) in [6, 6.07) is 14.4. The van der Waals surface area contributed by atoms with Crippen molar-refractivity contribution in [3.05, 3.63) is 58.6 Å². The molecule has 1 aliphatic heterocycles. The molecule has 0 spiro atoms. The molecule has 0 bridgehead atoms. The number of nitrogens with zero attached hydrogens (tertiary/aromatic N) is 2. The van der Waals surface area contributed by atoms with E-state index in [1.807, 2.05) is 18.2 Å². The van der Waals surface area contributed by atoms with Crippen molar-refractivity contribution < 1.29 is 4.79 Å². The summed E-state index contributed by atoms with van der Waals surface area (Å²) in [5.74, 6) is 1.09. The highest BCUT2D eigenvalue weighted by Crippen LogP contribution is 2.48. The fourth-order valence-corrected chi connectivity index (χ4v) is 5.96. The van der Waals surface area contributed by atoms with E-state index >= 15 is 0 Å². The van der Waals surface area contributed by atoms with E-state index in [2.05, 4.69) is 49.9 Å². The summed E-state index contributed by atoms with van der Waals surface area (Å²) in [5, 5.41) is 1.10. The number of hydrogen-bond donors (Lipinski definition) is 1. The molecule has 5 heteroatoms. The van der Waals surface area contributed by atoms with Gasteiger partial charge in [-0.1, -0.05) is 19.1 Å². The molecule has 0 amide bonds. The van der Waals surface area contributed by atoms with Gasteiger partial charge in [0.1, 0.15) is 11.3 Å². The second-order valence-corrected chi connectivity index (χ2v) is 9.37. The number of aldehydes is 1. The van der Waals surface area contributed by atoms with Gasteiger partial charge in [-0.25, -0.2) is 4.98 Å². The van der Waals surface area contributed by atoms with Crippen LogP contribution in [0.25, 0.3) is 10.2 Å². The van der Waals surface area contributed by atoms with Gasteiger partial charge in [0.25, 0.3) is 0 Å². The molecule has 0 saturated heterocycles. The summed E-state index contributed by atoms with van der Waals surface area (Å²) in [4.78, 5) is 18.7. The molecule has 1 aliphatic rings. The minimum absolute atomic E-state index is 0.0274. The monoisotopic (exact) mass is 396 g/mol. The molecule has 2 atom stereocenters. The molecule has 0 N–H and O–H groups in total. The fraction of sp³-hybridized carbons (Fsp3) is 0.364. The van der Waals surface area contributed by atoms with Crippen molar-refractivity contribution in [1.82, 2.24) is 4.98 Å². The average Bonchev–Trinajstić information content (AvgIpc) is 3.08. The molecule has 0 fully saturated rings. The first-order valence-corrected chi connectivity index (χ1v) is 10.7. The van der Waals surface area contributed by atoms with Crippen molar-refractivity contribution in [3.8, 4) is 0 Å². The molecule has 0 aliphatic carbocycles. The largest absolute Gasteiger partial charge is 0.356 e. The Morgan fingerprint density at radius 1 is 1.33 bits per heavy atom. The Morgan fingerprint density at radius 3 is 2.81 bits per heavy atom. The van der Waals surface area contributed by atoms with Crippen LogP contribution < -0.4 is 4.90 Å². The van der Waals surface area contributed by atoms with Crippen LogP contribution in [0.1, 0.15) is 60.1 Å². The van der Waals surface area contributed by atoms with Gasteiger partial charge >= 0.3 is 0 Å². The van der Waals surface area contributed by atoms with Crippen molar-refractivity contribution in [2.24, 2.45) is 0 Å². The van der Waals surface area contributed by atoms with Gasteiger partial charge in [-0.05, 0) is 62.1 Å². The van der Waals surface area contributed by atoms with Crippen molar-refractivity contribution in [3.63, 3.8) is 0 Å². The lowest BCUT2D eigenvalue weighted by Gasteiger charge is -2.50. The van der Waals surface area contributed by atoms with Crippen LogP contribution in [0.4, 0.5) is 5.69 Å². The molecule has 0 radical (unpaired) electrons. The Balaban J connectivity index is 1.86. The predicted octanol–water partition coefficient (Wildman–Crippen LogP) is 5.87. The Kier molecular flexibility index (Phi) is 4.77. The molecule has 4 rings (SSSR count). The highest BCUT2D eigenvalue weighted by molar-refractivity contribution is 7.80. The first-order valence-electron chi connectivity index (χ1n) is 9.29. The molecule has 2 heterocycles. The van der Waals surface area contributed by atoms with E-state index in [0.717, 1.165) is 28.8 Å². The molecule has 0 saturated carbocycles. The first-order chi connectivity index (χ1) is 12.9. The quantitative estimate of drug-likeness (QED) is 0.442. The number of benzene rings is 2. The summed E-state index contributed by atoms with van der Waals surface area (Å²) in [5.41, 5.74) is 4.20. The van der Waals surface area contributed by atoms with Crippen LogP contribution in [0.5, 0.6) is 0 Å². The Hall–Kier alpha value is -1.85. The van der Waals surface area contributed by atoms with E-state index in [9.17, 15) is 4.79 Å². The van der Waals surface area contributed by atoms with Crippen LogP contribution in [0.15, 0.2) is 42.5 Å². The standard InChI is InChI=1S/C22H24N2OS2/c1-14-11-22(2,3)24(18-9-8-15(12-25)10-16(14)18)19(13-26)21-23-17-6-4-5-7-20(17)27-21/h4-10,12,14,19,26H,11,13H2,1-3H3. The van der Waals surface area contributed by atoms with E-state index in [1.165, 1.54) is 16.0 Å². The minimum Gasteiger partial charge on any atom is -0.356 e. The zero-order valence-corrected chi connectivity index (χ0v) is 17.6. The lowest BCUT2D eigenvalue weighted by molar-refractivity contribution is 0.112. The number of anilines is 1. The number of thiol groups is 1. The van der Waals surface area contributed by atoms with Crippen LogP contribution in [0.2, 0.25) is 0 Å². The number of carbonyl (C=O) groups is 1. The highest BCUT2D eigenvalue weighted by Gasteiger charge is 2.41. The predicted molar refractivity (Wildman–Crippen MR) is 118 cm³/mol. The van der Waals surface area contributed by atoms with E-state index in [0.29, 0.717) is 11.7 Å². The van der Waals surface area contributed by atoms with Gasteiger partial charge in [0.05, 0.1) is 16.3 Å². The lowest BCUT2D eigenvalue weighted by atomic mass is 9.79. The maximum Gasteiger partial charge on any atom is 0.150 e. The molecule has 140 valence electrons. The zero-order valence-electron chi connectivity index (χ0n) is 15.8. The van der Waals surface area contributed by atoms with E-state index in [4.69, 9.17) is 17.6 Å². The minimum atomic E-state index is -0.0274. The van der Waals surface area contributed by atoms with E-state index in [-0.39, 0.29) is 11.6 Å². The molecule has 2 unspecified atom stereocenters. The smallest absolute Gasteiger partial charge is 0.150 e. The highest BCUT2D eigenvalue weighted by atomic mass is 32.1. The fourth-order valence-electron chi connectivity index (χ4n) is 4.44. The number of thiazole rings is 1. The summed E-state index contributed by atoms with van der Waals surface area (Å²) in [6.07, 6.45) is 1.96. The molecular formula is C22H24N2OS2. The van der Waals surface area contributed by atoms with E-state index < -0.39 is 0 Å². The second-order valence-electron chi connectivity index (χ2n) is 7.94. The number of rotatable bonds is 4. The molecule has 2 aromatic carbocycles. The lowest BCUT2D eigenvalue weighted by Crippen LogP contribution is -2.50. The van der Waals surface area contributed by atoms with Gasteiger partial charge in [-0.3, -0.25) is 4.79 Å². The van der Waals surface area contributed by atoms with Crippen LogP contribution >= 0.6 is 24.0 Å². The number of fused-ring (bicyclic) bond motifs is 2. The van der Waals surface area contributed by atoms with Crippen LogP contribution in [-0.2, 0) is 0 Å². The molecule has 27 heavy (non-hydrogen) atoms. The zero-order chi connectivity index (χ0) is 19.2. The van der Waals surface area contributed by atoms with Gasteiger partial charge in [0.2, 0.25) is 0 Å². The van der Waals surface area contributed by atoms with Crippen molar-refractivity contribution in [1.29, 1.82) is 0 Å². The van der Waals surface area contributed by atoms with Crippen LogP contribution in [-0.4, -0.2) is 22.6 Å². The maximum absolute atomic E-state index is 11.3. The molecule has 3 nitrogen and oxygen atoms in total. The molecule has 1 aromatic heterocycles. The molecular weight excluding hydrogens is 372 g/mol. The van der Waals surface area contributed by atoms with Gasteiger partial charge < -0.3 is 4.90 Å². The van der Waals surface area contributed by atoms with Crippen molar-refractivity contribution in [2.45, 2.75) is 44.7 Å². The average molecular weight is 397 g/mol. The third-order valence-corrected chi connectivity index (χ3v) is 7.00. The van der Waals surface area contributed by atoms with E-state index in [1.54, 1.807) is 11.3 Å². The maximum atomic E-state index is 11.3. The van der Waals surface area contributed by atoms with Gasteiger partial charge in [-0.2, -0.15) is 12.6 Å². The Morgan fingerprint density at radius 2 is 2.11 bits per heavy atom. The van der Waals surface area contributed by atoms with Crippen molar-refractivity contribution >= 4 is 46.2 Å². The van der Waals surface area contributed by atoms with Crippen LogP contribution in [0, 0.1) is 0 Å². The van der Waals surface area contributed by atoms with Gasteiger partial charge in [0.15, 0.2) is 0 Å². The summed E-state index contributed by atoms with van der Waals surface area (Å²) < 4.78 is 1.21. The summed E-state index contributed by atoms with van der Waals surface area (Å²) in [6.45, 7) is 6.84. The summed E-state index contributed by atoms with van der Waals surface area (Å²) in [7, 11) is 0. The normalized spacial score (nSPS) is 19.7. The van der Waals surface area contributed by atoms with Gasteiger partial charge in [-0.15, -0.1) is 11.3 Å². The Labute approximate surface area is 169 Å². The molecule has 3 aromatic rings.